The van der Waals surface area contributed by atoms with Crippen molar-refractivity contribution in [2.24, 2.45) is 11.7 Å². The fourth-order valence-electron chi connectivity index (χ4n) is 2.17. The van der Waals surface area contributed by atoms with Crippen molar-refractivity contribution in [1.29, 1.82) is 0 Å². The lowest BCUT2D eigenvalue weighted by Crippen LogP contribution is -2.41. The van der Waals surface area contributed by atoms with Crippen LogP contribution in [-0.2, 0) is 9.59 Å². The van der Waals surface area contributed by atoms with Gasteiger partial charge in [-0.15, -0.1) is 0 Å². The first kappa shape index (κ1) is 19.2. The molecule has 0 aliphatic rings. The first-order valence-electron chi connectivity index (χ1n) is 7.26. The van der Waals surface area contributed by atoms with Gasteiger partial charge >= 0.3 is 5.97 Å². The van der Waals surface area contributed by atoms with Gasteiger partial charge in [-0.05, 0) is 43.7 Å². The maximum absolute atomic E-state index is 11.8. The Labute approximate surface area is 126 Å². The Hall–Kier alpha value is -0.750. The number of carboxylic acids is 1. The second-order valence-corrected chi connectivity index (χ2v) is 6.00. The maximum Gasteiger partial charge on any atom is 0.326 e. The highest BCUT2D eigenvalue weighted by molar-refractivity contribution is 7.98. The molecule has 0 saturated heterocycles. The van der Waals surface area contributed by atoms with E-state index in [0.29, 0.717) is 25.3 Å². The largest absolute Gasteiger partial charge is 0.480 e. The van der Waals surface area contributed by atoms with E-state index in [1.165, 1.54) is 0 Å². The fourth-order valence-corrected chi connectivity index (χ4v) is 2.64. The average molecular weight is 304 g/mol. The number of thioether (sulfide) groups is 1. The van der Waals surface area contributed by atoms with Gasteiger partial charge < -0.3 is 16.2 Å². The van der Waals surface area contributed by atoms with Gasteiger partial charge in [0.2, 0.25) is 5.91 Å². The number of hydrogen-bond acceptors (Lipinski definition) is 4. The van der Waals surface area contributed by atoms with Crippen LogP contribution in [-0.4, -0.2) is 41.6 Å². The van der Waals surface area contributed by atoms with E-state index >= 15 is 0 Å². The molecule has 20 heavy (non-hydrogen) atoms. The molecule has 0 bridgehead atoms. The topological polar surface area (TPSA) is 92.4 Å². The highest BCUT2D eigenvalue weighted by Crippen LogP contribution is 2.17. The van der Waals surface area contributed by atoms with E-state index in [2.05, 4.69) is 12.2 Å². The molecular formula is C14H28N2O3S. The number of amides is 1. The molecule has 5 nitrogen and oxygen atoms in total. The van der Waals surface area contributed by atoms with Crippen LogP contribution in [0.5, 0.6) is 0 Å². The monoisotopic (exact) mass is 304 g/mol. The highest BCUT2D eigenvalue weighted by Gasteiger charge is 2.19. The van der Waals surface area contributed by atoms with Crippen LogP contribution in [0.25, 0.3) is 0 Å². The third kappa shape index (κ3) is 9.20. The number of aliphatic carboxylic acids is 1. The molecule has 0 heterocycles. The van der Waals surface area contributed by atoms with Crippen molar-refractivity contribution in [3.05, 3.63) is 0 Å². The molecule has 0 rings (SSSR count). The van der Waals surface area contributed by atoms with Crippen LogP contribution in [0, 0.1) is 5.92 Å². The molecule has 0 radical (unpaired) electrons. The number of carboxylic acid groups (broad SMARTS) is 1. The number of nitrogens with two attached hydrogens (primary N) is 1. The fraction of sp³-hybridized carbons (Fsp3) is 0.857. The summed E-state index contributed by atoms with van der Waals surface area (Å²) in [5.41, 5.74) is 5.56. The lowest BCUT2D eigenvalue weighted by Gasteiger charge is -2.17. The minimum Gasteiger partial charge on any atom is -0.480 e. The van der Waals surface area contributed by atoms with Crippen molar-refractivity contribution in [1.82, 2.24) is 5.32 Å². The molecule has 2 unspecified atom stereocenters. The number of rotatable bonds is 12. The van der Waals surface area contributed by atoms with Gasteiger partial charge in [-0.1, -0.05) is 19.8 Å². The molecule has 0 aliphatic carbocycles. The summed E-state index contributed by atoms with van der Waals surface area (Å²) in [5.74, 6) is 0.0596. The normalized spacial score (nSPS) is 13.8. The first-order chi connectivity index (χ1) is 9.54. The molecule has 2 atom stereocenters. The minimum atomic E-state index is -0.959. The zero-order chi connectivity index (χ0) is 15.4. The van der Waals surface area contributed by atoms with Gasteiger partial charge in [-0.3, -0.25) is 4.79 Å². The number of carbonyl (C=O) groups is 2. The lowest BCUT2D eigenvalue weighted by atomic mass is 9.94. The summed E-state index contributed by atoms with van der Waals surface area (Å²) in [5, 5.41) is 11.7. The minimum absolute atomic E-state index is 0.170. The van der Waals surface area contributed by atoms with Crippen LogP contribution in [0.3, 0.4) is 0 Å². The van der Waals surface area contributed by atoms with Crippen molar-refractivity contribution in [3.8, 4) is 0 Å². The highest BCUT2D eigenvalue weighted by atomic mass is 32.2. The van der Waals surface area contributed by atoms with E-state index in [0.717, 1.165) is 31.4 Å². The summed E-state index contributed by atoms with van der Waals surface area (Å²) >= 11 is 1.58. The van der Waals surface area contributed by atoms with E-state index in [9.17, 15) is 9.59 Å². The summed E-state index contributed by atoms with van der Waals surface area (Å²) in [6.45, 7) is 2.75. The van der Waals surface area contributed by atoms with Crippen molar-refractivity contribution in [2.75, 3.05) is 18.6 Å². The van der Waals surface area contributed by atoms with Crippen LogP contribution in [0.15, 0.2) is 0 Å². The smallest absolute Gasteiger partial charge is 0.326 e. The Morgan fingerprint density at radius 3 is 2.45 bits per heavy atom. The van der Waals surface area contributed by atoms with Crippen LogP contribution in [0.1, 0.15) is 45.4 Å². The summed E-state index contributed by atoms with van der Waals surface area (Å²) in [6.07, 6.45) is 6.62. The van der Waals surface area contributed by atoms with Gasteiger partial charge in [0.05, 0.1) is 0 Å². The molecule has 1 amide bonds. The van der Waals surface area contributed by atoms with Crippen LogP contribution in [0.2, 0.25) is 0 Å². The summed E-state index contributed by atoms with van der Waals surface area (Å²) in [4.78, 5) is 22.9. The molecular weight excluding hydrogens is 276 g/mol. The van der Waals surface area contributed by atoms with Crippen LogP contribution >= 0.6 is 11.8 Å². The number of carbonyl (C=O) groups excluding carboxylic acids is 1. The van der Waals surface area contributed by atoms with Crippen molar-refractivity contribution >= 4 is 23.6 Å². The van der Waals surface area contributed by atoms with Crippen LogP contribution < -0.4 is 11.1 Å². The van der Waals surface area contributed by atoms with Crippen molar-refractivity contribution in [2.45, 2.75) is 51.5 Å². The molecule has 118 valence electrons. The Balaban J connectivity index is 4.13. The van der Waals surface area contributed by atoms with E-state index in [1.807, 2.05) is 6.26 Å². The quantitative estimate of drug-likeness (QED) is 0.512. The third-order valence-corrected chi connectivity index (χ3v) is 3.94. The van der Waals surface area contributed by atoms with Crippen molar-refractivity contribution < 1.29 is 14.7 Å². The Bertz CT molecular complexity index is 282. The summed E-state index contributed by atoms with van der Waals surface area (Å²) < 4.78 is 0. The van der Waals surface area contributed by atoms with Crippen LogP contribution in [0.4, 0.5) is 0 Å². The lowest BCUT2D eigenvalue weighted by molar-refractivity contribution is -0.141. The van der Waals surface area contributed by atoms with Gasteiger partial charge in [0.25, 0.3) is 0 Å². The number of nitrogens with one attached hydrogen (secondary N) is 1. The number of hydrogen-bond donors (Lipinski definition) is 3. The summed E-state index contributed by atoms with van der Waals surface area (Å²) in [6, 6.07) is -0.769. The molecule has 0 spiro atoms. The zero-order valence-corrected chi connectivity index (χ0v) is 13.4. The van der Waals surface area contributed by atoms with Gasteiger partial charge in [-0.2, -0.15) is 11.8 Å². The molecule has 0 aliphatic heterocycles. The van der Waals surface area contributed by atoms with Gasteiger partial charge in [0.1, 0.15) is 6.04 Å². The molecule has 4 N–H and O–H groups in total. The summed E-state index contributed by atoms with van der Waals surface area (Å²) in [7, 11) is 0. The molecule has 0 aromatic heterocycles. The van der Waals surface area contributed by atoms with Gasteiger partial charge in [0, 0.05) is 6.42 Å². The second-order valence-electron chi connectivity index (χ2n) is 5.01. The molecule has 0 fully saturated rings. The Kier molecular flexibility index (Phi) is 11.6. The second kappa shape index (κ2) is 12.0. The van der Waals surface area contributed by atoms with E-state index in [4.69, 9.17) is 10.8 Å². The van der Waals surface area contributed by atoms with Gasteiger partial charge in [-0.25, -0.2) is 4.79 Å². The Morgan fingerprint density at radius 1 is 1.25 bits per heavy atom. The average Bonchev–Trinajstić information content (AvgIpc) is 2.41. The first-order valence-corrected chi connectivity index (χ1v) is 8.65. The molecule has 0 aromatic carbocycles. The van der Waals surface area contributed by atoms with Crippen molar-refractivity contribution in [3.63, 3.8) is 0 Å². The zero-order valence-electron chi connectivity index (χ0n) is 12.6. The standard InChI is InChI=1S/C14H28N2O3S/c1-3-4-11(7-9-15)5-6-13(17)16-12(14(18)19)8-10-20-2/h11-12H,3-10,15H2,1-2H3,(H,16,17)(H,18,19). The van der Waals surface area contributed by atoms with E-state index in [-0.39, 0.29) is 5.91 Å². The predicted molar refractivity (Wildman–Crippen MR) is 83.9 cm³/mol. The van der Waals surface area contributed by atoms with Gasteiger partial charge in [0.15, 0.2) is 0 Å². The SMILES string of the molecule is CCCC(CCN)CCC(=O)NC(CCSC)C(=O)O. The molecule has 0 aromatic rings. The molecule has 0 saturated carbocycles. The molecule has 6 heteroatoms. The predicted octanol–water partition coefficient (Wildman–Crippen LogP) is 1.85. The maximum atomic E-state index is 11.8. The van der Waals surface area contributed by atoms with E-state index < -0.39 is 12.0 Å². The van der Waals surface area contributed by atoms with E-state index in [1.54, 1.807) is 11.8 Å². The Morgan fingerprint density at radius 2 is 1.95 bits per heavy atom. The third-order valence-electron chi connectivity index (χ3n) is 3.30.